The van der Waals surface area contributed by atoms with Gasteiger partial charge in [0.1, 0.15) is 0 Å². The molecule has 0 nitrogen and oxygen atoms in total. The van der Waals surface area contributed by atoms with E-state index in [1.54, 1.807) is 7.28 Å². The Hall–Kier alpha value is -0.135. The summed E-state index contributed by atoms with van der Waals surface area (Å²) in [6.45, 7) is 0. The van der Waals surface area contributed by atoms with Gasteiger partial charge in [-0.15, -0.1) is 23.2 Å². The molecular weight excluding hydrogens is 166 g/mol. The van der Waals surface area contributed by atoms with Gasteiger partial charge in [0.15, 0.2) is 7.28 Å². The first kappa shape index (κ1) is 7.97. The van der Waals surface area contributed by atoms with Crippen LogP contribution in [-0.2, 0) is 0 Å². The Labute approximate surface area is 71.4 Å². The quantitative estimate of drug-likeness (QED) is 0.470. The predicted molar refractivity (Wildman–Crippen MR) is 47.3 cm³/mol. The molecule has 0 aliphatic heterocycles. The first-order valence-corrected chi connectivity index (χ1v) is 3.84. The molecule has 1 rings (SSSR count). The van der Waals surface area contributed by atoms with Gasteiger partial charge in [0, 0.05) is 0 Å². The van der Waals surface area contributed by atoms with E-state index in [1.807, 2.05) is 30.3 Å². The average molecular weight is 172 g/mol. The van der Waals surface area contributed by atoms with Crippen LogP contribution in [0.25, 0.3) is 0 Å². The van der Waals surface area contributed by atoms with Crippen molar-refractivity contribution >= 4 is 35.9 Å². The lowest BCUT2D eigenvalue weighted by Crippen LogP contribution is -2.19. The minimum absolute atomic E-state index is 0.414. The molecule has 0 atom stereocenters. The predicted octanol–water partition coefficient (Wildman–Crippen LogP) is 1.78. The average Bonchev–Trinajstić information content (AvgIpc) is 1.88. The van der Waals surface area contributed by atoms with Gasteiger partial charge in [0.25, 0.3) is 0 Å². The number of halogens is 2. The first-order valence-electron chi connectivity index (χ1n) is 2.97. The molecule has 0 saturated carbocycles. The molecule has 10 heavy (non-hydrogen) atoms. The summed E-state index contributed by atoms with van der Waals surface area (Å²) in [5, 5.41) is 0. The van der Waals surface area contributed by atoms with Crippen LogP contribution in [0, 0.1) is 0 Å². The maximum Gasteiger partial charge on any atom is 0.195 e. The maximum atomic E-state index is 5.52. The Kier molecular flexibility index (Phi) is 3.10. The summed E-state index contributed by atoms with van der Waals surface area (Å²) < 4.78 is -0.414. The molecule has 1 aromatic carbocycles. The SMILES string of the molecule is ClC(Cl)[B]c1ccccc1. The van der Waals surface area contributed by atoms with Crippen LogP contribution in [0.15, 0.2) is 30.3 Å². The summed E-state index contributed by atoms with van der Waals surface area (Å²) >= 11 is 11.0. The second-order valence-corrected chi connectivity index (χ2v) is 3.08. The lowest BCUT2D eigenvalue weighted by atomic mass is 9.73. The minimum Gasteiger partial charge on any atom is -0.115 e. The highest BCUT2D eigenvalue weighted by Gasteiger charge is 2.01. The van der Waals surface area contributed by atoms with Crippen molar-refractivity contribution in [2.45, 2.75) is 4.74 Å². The molecule has 1 radical (unpaired) electrons. The van der Waals surface area contributed by atoms with Gasteiger partial charge in [0.05, 0.1) is 4.74 Å². The zero-order valence-corrected chi connectivity index (χ0v) is 6.81. The second-order valence-electron chi connectivity index (χ2n) is 1.91. The molecule has 0 bridgehead atoms. The zero-order chi connectivity index (χ0) is 7.40. The van der Waals surface area contributed by atoms with Crippen LogP contribution in [-0.4, -0.2) is 12.0 Å². The molecule has 0 spiro atoms. The van der Waals surface area contributed by atoms with E-state index in [2.05, 4.69) is 0 Å². The van der Waals surface area contributed by atoms with Crippen molar-refractivity contribution in [3.63, 3.8) is 0 Å². The number of alkyl halides is 2. The zero-order valence-electron chi connectivity index (χ0n) is 5.30. The molecule has 0 aromatic heterocycles. The van der Waals surface area contributed by atoms with Crippen LogP contribution in [0.4, 0.5) is 0 Å². The van der Waals surface area contributed by atoms with Gasteiger partial charge in [-0.3, -0.25) is 0 Å². The van der Waals surface area contributed by atoms with Gasteiger partial charge in [-0.2, -0.15) is 0 Å². The van der Waals surface area contributed by atoms with Crippen LogP contribution in [0.2, 0.25) is 0 Å². The molecule has 0 amide bonds. The van der Waals surface area contributed by atoms with E-state index in [9.17, 15) is 0 Å². The summed E-state index contributed by atoms with van der Waals surface area (Å²) in [7, 11) is 1.78. The van der Waals surface area contributed by atoms with Crippen LogP contribution >= 0.6 is 23.2 Å². The van der Waals surface area contributed by atoms with Gasteiger partial charge in [-0.05, 0) is 0 Å². The fraction of sp³-hybridized carbons (Fsp3) is 0.143. The van der Waals surface area contributed by atoms with E-state index in [-0.39, 0.29) is 0 Å². The van der Waals surface area contributed by atoms with Gasteiger partial charge >= 0.3 is 0 Å². The van der Waals surface area contributed by atoms with Gasteiger partial charge in [-0.1, -0.05) is 35.8 Å². The molecule has 51 valence electrons. The van der Waals surface area contributed by atoms with E-state index in [0.29, 0.717) is 0 Å². The molecular formula is C7H6BCl2. The number of benzene rings is 1. The van der Waals surface area contributed by atoms with Gasteiger partial charge in [-0.25, -0.2) is 0 Å². The molecule has 3 heteroatoms. The standard InChI is InChI=1S/C7H6BCl2/c9-7(10)8-6-4-2-1-3-5-6/h1-5,7H. The lowest BCUT2D eigenvalue weighted by molar-refractivity contribution is 1.75. The Bertz CT molecular complexity index is 186. The summed E-state index contributed by atoms with van der Waals surface area (Å²) in [5.74, 6) is 0. The largest absolute Gasteiger partial charge is 0.195 e. The normalized spacial score (nSPS) is 9.90. The Morgan fingerprint density at radius 3 is 2.20 bits per heavy atom. The third-order valence-electron chi connectivity index (χ3n) is 1.12. The fourth-order valence-electron chi connectivity index (χ4n) is 0.710. The van der Waals surface area contributed by atoms with Crippen molar-refractivity contribution in [3.05, 3.63) is 30.3 Å². The van der Waals surface area contributed by atoms with E-state index >= 15 is 0 Å². The third-order valence-corrected chi connectivity index (χ3v) is 1.37. The van der Waals surface area contributed by atoms with Crippen LogP contribution < -0.4 is 5.46 Å². The minimum atomic E-state index is -0.414. The Morgan fingerprint density at radius 2 is 1.70 bits per heavy atom. The maximum absolute atomic E-state index is 5.52. The lowest BCUT2D eigenvalue weighted by Gasteiger charge is -1.96. The first-order chi connectivity index (χ1) is 4.79. The molecule has 1 aromatic rings. The molecule has 0 aliphatic carbocycles. The van der Waals surface area contributed by atoms with Crippen molar-refractivity contribution in [1.82, 2.24) is 0 Å². The molecule has 0 aliphatic rings. The molecule has 0 saturated heterocycles. The highest BCUT2D eigenvalue weighted by atomic mass is 35.5. The summed E-state index contributed by atoms with van der Waals surface area (Å²) in [5.41, 5.74) is 1.05. The number of hydrogen-bond donors (Lipinski definition) is 0. The smallest absolute Gasteiger partial charge is 0.115 e. The van der Waals surface area contributed by atoms with Crippen molar-refractivity contribution in [2.75, 3.05) is 0 Å². The van der Waals surface area contributed by atoms with Crippen molar-refractivity contribution in [1.29, 1.82) is 0 Å². The van der Waals surface area contributed by atoms with E-state index in [4.69, 9.17) is 23.2 Å². The molecule has 0 unspecified atom stereocenters. The monoisotopic (exact) mass is 171 g/mol. The number of hydrogen-bond acceptors (Lipinski definition) is 0. The highest BCUT2D eigenvalue weighted by Crippen LogP contribution is 1.97. The summed E-state index contributed by atoms with van der Waals surface area (Å²) in [6.07, 6.45) is 0. The van der Waals surface area contributed by atoms with Gasteiger partial charge < -0.3 is 0 Å². The van der Waals surface area contributed by atoms with Crippen LogP contribution in [0.1, 0.15) is 0 Å². The molecule has 0 heterocycles. The fourth-order valence-corrected chi connectivity index (χ4v) is 1.00. The van der Waals surface area contributed by atoms with Crippen molar-refractivity contribution in [3.8, 4) is 0 Å². The van der Waals surface area contributed by atoms with E-state index in [0.717, 1.165) is 5.46 Å². The van der Waals surface area contributed by atoms with E-state index < -0.39 is 4.74 Å². The third kappa shape index (κ3) is 2.63. The molecule has 0 N–H and O–H groups in total. The van der Waals surface area contributed by atoms with Crippen LogP contribution in [0.5, 0.6) is 0 Å². The number of rotatable bonds is 2. The summed E-state index contributed by atoms with van der Waals surface area (Å²) in [6, 6.07) is 9.76. The second kappa shape index (κ2) is 3.90. The summed E-state index contributed by atoms with van der Waals surface area (Å²) in [4.78, 5) is 0. The Balaban J connectivity index is 2.59. The van der Waals surface area contributed by atoms with E-state index in [1.165, 1.54) is 0 Å². The molecule has 0 fully saturated rings. The van der Waals surface area contributed by atoms with Crippen molar-refractivity contribution in [2.24, 2.45) is 0 Å². The topological polar surface area (TPSA) is 0 Å². The van der Waals surface area contributed by atoms with Gasteiger partial charge in [0.2, 0.25) is 0 Å². The van der Waals surface area contributed by atoms with Crippen molar-refractivity contribution < 1.29 is 0 Å². The highest BCUT2D eigenvalue weighted by molar-refractivity contribution is 6.75. The Morgan fingerprint density at radius 1 is 1.10 bits per heavy atom. The van der Waals surface area contributed by atoms with Crippen LogP contribution in [0.3, 0.4) is 0 Å².